The van der Waals surface area contributed by atoms with Gasteiger partial charge in [-0.2, -0.15) is 0 Å². The van der Waals surface area contributed by atoms with Crippen LogP contribution in [0.25, 0.3) is 0 Å². The number of amides is 1. The van der Waals surface area contributed by atoms with Gasteiger partial charge < -0.3 is 9.64 Å². The highest BCUT2D eigenvalue weighted by Crippen LogP contribution is 2.45. The summed E-state index contributed by atoms with van der Waals surface area (Å²) in [6, 6.07) is 0. The molecule has 0 bridgehead atoms. The molecule has 112 valence electrons. The number of allylic oxidation sites excluding steroid dienone is 1. The summed E-state index contributed by atoms with van der Waals surface area (Å²) in [7, 11) is 0. The zero-order chi connectivity index (χ0) is 14.9. The molecular formula is C17H27NO2. The summed E-state index contributed by atoms with van der Waals surface area (Å²) in [6.07, 6.45) is 8.75. The second-order valence-corrected chi connectivity index (χ2v) is 6.68. The van der Waals surface area contributed by atoms with Crippen molar-refractivity contribution in [3.05, 3.63) is 24.8 Å². The summed E-state index contributed by atoms with van der Waals surface area (Å²) in [6.45, 7) is 12.2. The van der Waals surface area contributed by atoms with E-state index >= 15 is 0 Å². The summed E-state index contributed by atoms with van der Waals surface area (Å²) < 4.78 is 6.24. The Kier molecular flexibility index (Phi) is 4.38. The number of ether oxygens (including phenoxy) is 1. The molecule has 0 aromatic rings. The molecule has 2 fully saturated rings. The van der Waals surface area contributed by atoms with Crippen LogP contribution >= 0.6 is 0 Å². The lowest BCUT2D eigenvalue weighted by molar-refractivity contribution is -0.213. The van der Waals surface area contributed by atoms with E-state index in [1.54, 1.807) is 0 Å². The topological polar surface area (TPSA) is 29.5 Å². The summed E-state index contributed by atoms with van der Waals surface area (Å²) in [5.74, 6) is 1.07. The van der Waals surface area contributed by atoms with E-state index in [-0.39, 0.29) is 23.8 Å². The number of carbonyl (C=O) groups is 1. The number of nitrogens with zero attached hydrogens (tertiary/aromatic N) is 1. The van der Waals surface area contributed by atoms with Crippen molar-refractivity contribution < 1.29 is 9.53 Å². The van der Waals surface area contributed by atoms with Crippen LogP contribution in [-0.4, -0.2) is 28.7 Å². The van der Waals surface area contributed by atoms with Crippen molar-refractivity contribution >= 4 is 5.91 Å². The van der Waals surface area contributed by atoms with Gasteiger partial charge in [0.2, 0.25) is 5.91 Å². The van der Waals surface area contributed by atoms with Crippen molar-refractivity contribution in [2.24, 2.45) is 11.8 Å². The maximum absolute atomic E-state index is 12.3. The molecule has 20 heavy (non-hydrogen) atoms. The van der Waals surface area contributed by atoms with Gasteiger partial charge in [0.15, 0.2) is 6.23 Å². The standard InChI is InChI=1S/C17H27NO2/c1-6-8-16-18(15(19)7-2)17(4,5)13-10-9-12(3)11-14(13)20-16/h6-8,12-14,16H,2,9-11H2,1,3-5H3/b8-6-/t12-,13-,14-,16+/m1/s1. The summed E-state index contributed by atoms with van der Waals surface area (Å²) in [4.78, 5) is 14.2. The average molecular weight is 277 g/mol. The minimum absolute atomic E-state index is 0.0461. The van der Waals surface area contributed by atoms with Crippen LogP contribution in [-0.2, 0) is 9.53 Å². The van der Waals surface area contributed by atoms with Crippen LogP contribution in [0.5, 0.6) is 0 Å². The smallest absolute Gasteiger partial charge is 0.248 e. The molecule has 1 saturated heterocycles. The third-order valence-electron chi connectivity index (χ3n) is 4.92. The monoisotopic (exact) mass is 277 g/mol. The lowest BCUT2D eigenvalue weighted by Gasteiger charge is -2.56. The zero-order valence-corrected chi connectivity index (χ0v) is 13.1. The van der Waals surface area contributed by atoms with Crippen LogP contribution in [0.3, 0.4) is 0 Å². The van der Waals surface area contributed by atoms with Crippen LogP contribution in [0.1, 0.15) is 47.0 Å². The van der Waals surface area contributed by atoms with Crippen molar-refractivity contribution in [2.75, 3.05) is 0 Å². The predicted molar refractivity (Wildman–Crippen MR) is 81.1 cm³/mol. The van der Waals surface area contributed by atoms with Crippen LogP contribution in [0.4, 0.5) is 0 Å². The molecule has 1 aliphatic carbocycles. The van der Waals surface area contributed by atoms with Crippen LogP contribution < -0.4 is 0 Å². The lowest BCUT2D eigenvalue weighted by Crippen LogP contribution is -2.65. The highest BCUT2D eigenvalue weighted by Gasteiger charge is 2.51. The van der Waals surface area contributed by atoms with Crippen LogP contribution in [0, 0.1) is 11.8 Å². The van der Waals surface area contributed by atoms with Crippen molar-refractivity contribution in [3.8, 4) is 0 Å². The molecule has 1 heterocycles. The summed E-state index contributed by atoms with van der Waals surface area (Å²) >= 11 is 0. The molecule has 0 aromatic heterocycles. The van der Waals surface area contributed by atoms with E-state index in [1.807, 2.05) is 24.0 Å². The second-order valence-electron chi connectivity index (χ2n) is 6.68. The van der Waals surface area contributed by atoms with E-state index in [1.165, 1.54) is 12.5 Å². The minimum atomic E-state index is -0.271. The van der Waals surface area contributed by atoms with Gasteiger partial charge in [-0.25, -0.2) is 0 Å². The van der Waals surface area contributed by atoms with Crippen LogP contribution in [0.2, 0.25) is 0 Å². The fraction of sp³-hybridized carbons (Fsp3) is 0.706. The molecule has 2 aliphatic rings. The molecule has 1 saturated carbocycles. The number of hydrogen-bond acceptors (Lipinski definition) is 2. The van der Waals surface area contributed by atoms with E-state index in [0.717, 1.165) is 12.8 Å². The first-order valence-corrected chi connectivity index (χ1v) is 7.65. The fourth-order valence-electron chi connectivity index (χ4n) is 3.84. The summed E-state index contributed by atoms with van der Waals surface area (Å²) in [5, 5.41) is 0. The maximum Gasteiger partial charge on any atom is 0.248 e. The average Bonchev–Trinajstić information content (AvgIpc) is 2.37. The van der Waals surface area contributed by atoms with Crippen molar-refractivity contribution in [1.29, 1.82) is 0 Å². The van der Waals surface area contributed by atoms with E-state index in [2.05, 4.69) is 27.4 Å². The van der Waals surface area contributed by atoms with Gasteiger partial charge in [0.05, 0.1) is 6.10 Å². The van der Waals surface area contributed by atoms with Crippen molar-refractivity contribution in [3.63, 3.8) is 0 Å². The summed E-state index contributed by atoms with van der Waals surface area (Å²) in [5.41, 5.74) is -0.196. The molecule has 1 aliphatic heterocycles. The lowest BCUT2D eigenvalue weighted by atomic mass is 9.69. The Morgan fingerprint density at radius 3 is 2.70 bits per heavy atom. The first kappa shape index (κ1) is 15.3. The van der Waals surface area contributed by atoms with Gasteiger partial charge in [-0.1, -0.05) is 26.0 Å². The van der Waals surface area contributed by atoms with E-state index in [9.17, 15) is 4.79 Å². The second kappa shape index (κ2) is 5.72. The normalized spacial score (nSPS) is 36.7. The van der Waals surface area contributed by atoms with E-state index in [4.69, 9.17) is 4.74 Å². The SMILES string of the molecule is C=CC(=O)N1[C@H](/C=C\C)O[C@@H]2C[C@H](C)CC[C@H]2C1(C)C. The molecular weight excluding hydrogens is 250 g/mol. The van der Waals surface area contributed by atoms with Crippen molar-refractivity contribution in [1.82, 2.24) is 4.90 Å². The molecule has 0 spiro atoms. The highest BCUT2D eigenvalue weighted by atomic mass is 16.5. The zero-order valence-electron chi connectivity index (χ0n) is 13.1. The largest absolute Gasteiger partial charge is 0.351 e. The molecule has 0 unspecified atom stereocenters. The molecule has 3 nitrogen and oxygen atoms in total. The fourth-order valence-corrected chi connectivity index (χ4v) is 3.84. The van der Waals surface area contributed by atoms with Crippen LogP contribution in [0.15, 0.2) is 24.8 Å². The van der Waals surface area contributed by atoms with Gasteiger partial charge in [0.25, 0.3) is 0 Å². The highest BCUT2D eigenvalue weighted by molar-refractivity contribution is 5.88. The first-order valence-electron chi connectivity index (χ1n) is 7.65. The number of fused-ring (bicyclic) bond motifs is 1. The van der Waals surface area contributed by atoms with E-state index < -0.39 is 0 Å². The number of rotatable bonds is 2. The Hall–Kier alpha value is -1.09. The quantitative estimate of drug-likeness (QED) is 0.571. The van der Waals surface area contributed by atoms with Gasteiger partial charge in [0, 0.05) is 11.5 Å². The van der Waals surface area contributed by atoms with E-state index in [0.29, 0.717) is 11.8 Å². The molecule has 0 N–H and O–H groups in total. The Morgan fingerprint density at radius 2 is 2.10 bits per heavy atom. The molecule has 2 rings (SSSR count). The Bertz CT molecular complexity index is 413. The number of hydrogen-bond donors (Lipinski definition) is 0. The molecule has 1 amide bonds. The van der Waals surface area contributed by atoms with Gasteiger partial charge >= 0.3 is 0 Å². The maximum atomic E-state index is 12.3. The molecule has 0 aromatic carbocycles. The molecule has 3 heteroatoms. The first-order chi connectivity index (χ1) is 9.41. The van der Waals surface area contributed by atoms with Gasteiger partial charge in [-0.3, -0.25) is 4.79 Å². The molecule has 4 atom stereocenters. The predicted octanol–water partition coefficient (Wildman–Crippen LogP) is 3.52. The Balaban J connectivity index is 2.35. The van der Waals surface area contributed by atoms with Gasteiger partial charge in [-0.05, 0) is 51.7 Å². The Labute approximate surface area is 122 Å². The van der Waals surface area contributed by atoms with Gasteiger partial charge in [-0.15, -0.1) is 0 Å². The Morgan fingerprint density at radius 1 is 1.40 bits per heavy atom. The van der Waals surface area contributed by atoms with Gasteiger partial charge in [0.1, 0.15) is 0 Å². The van der Waals surface area contributed by atoms with Crippen molar-refractivity contribution in [2.45, 2.75) is 64.8 Å². The third-order valence-corrected chi connectivity index (χ3v) is 4.92. The molecule has 0 radical (unpaired) electrons. The minimum Gasteiger partial charge on any atom is -0.351 e. The third kappa shape index (κ3) is 2.56. The number of carbonyl (C=O) groups excluding carboxylic acids is 1.